The molecule has 0 unspecified atom stereocenters. The van der Waals surface area contributed by atoms with Crippen LogP contribution in [0.2, 0.25) is 0 Å². The van der Waals surface area contributed by atoms with Gasteiger partial charge in [0, 0.05) is 6.42 Å². The van der Waals surface area contributed by atoms with E-state index in [1.54, 1.807) is 0 Å². The minimum atomic E-state index is -0.523. The van der Waals surface area contributed by atoms with E-state index in [1.165, 1.54) is 0 Å². The molecule has 2 rings (SSSR count). The highest BCUT2D eigenvalue weighted by atomic mass is 16.7. The molecule has 0 radical (unpaired) electrons. The number of hydrogen-bond acceptors (Lipinski definition) is 3. The van der Waals surface area contributed by atoms with Crippen LogP contribution in [-0.2, 0) is 14.3 Å². The van der Waals surface area contributed by atoms with Crippen LogP contribution in [0, 0.1) is 0 Å². The smallest absolute Gasteiger partial charge is 0.191 e. The summed E-state index contributed by atoms with van der Waals surface area (Å²) >= 11 is 0. The lowest BCUT2D eigenvalue weighted by Crippen LogP contribution is -2.29. The fraction of sp³-hybridized carbons (Fsp3) is 0.700. The second-order valence-corrected chi connectivity index (χ2v) is 3.43. The summed E-state index contributed by atoms with van der Waals surface area (Å²) in [6.45, 7) is 3.34. The van der Waals surface area contributed by atoms with Crippen LogP contribution in [0.3, 0.4) is 0 Å². The van der Waals surface area contributed by atoms with Gasteiger partial charge in [0.1, 0.15) is 6.29 Å². The highest BCUT2D eigenvalue weighted by Crippen LogP contribution is 2.42. The average Bonchev–Trinajstić information content (AvgIpc) is 2.74. The van der Waals surface area contributed by atoms with Gasteiger partial charge in [0.05, 0.1) is 13.2 Å². The van der Waals surface area contributed by atoms with Crippen molar-refractivity contribution in [1.82, 2.24) is 0 Å². The Morgan fingerprint density at radius 3 is 2.69 bits per heavy atom. The molecule has 0 saturated carbocycles. The van der Waals surface area contributed by atoms with E-state index in [4.69, 9.17) is 9.47 Å². The zero-order valence-corrected chi connectivity index (χ0v) is 7.84. The van der Waals surface area contributed by atoms with E-state index in [-0.39, 0.29) is 0 Å². The Hall–Kier alpha value is -0.670. The van der Waals surface area contributed by atoms with Gasteiger partial charge in [-0.1, -0.05) is 6.92 Å². The van der Waals surface area contributed by atoms with Crippen LogP contribution < -0.4 is 0 Å². The van der Waals surface area contributed by atoms with E-state index in [2.05, 4.69) is 0 Å². The van der Waals surface area contributed by atoms with E-state index in [9.17, 15) is 4.79 Å². The molecular formula is C10H14O3. The zero-order valence-electron chi connectivity index (χ0n) is 7.84. The fourth-order valence-electron chi connectivity index (χ4n) is 2.25. The van der Waals surface area contributed by atoms with Crippen molar-refractivity contribution in [2.75, 3.05) is 13.2 Å². The van der Waals surface area contributed by atoms with Gasteiger partial charge in [-0.3, -0.25) is 4.79 Å². The standard InChI is InChI=1S/C10H14O3/c1-2-9-8(7-11)3-4-10(9)12-5-6-13-10/h7H,2-6H2,1H3. The Kier molecular flexibility index (Phi) is 2.22. The summed E-state index contributed by atoms with van der Waals surface area (Å²) in [6.07, 6.45) is 3.39. The minimum absolute atomic E-state index is 0.523. The van der Waals surface area contributed by atoms with Gasteiger partial charge in [-0.25, -0.2) is 0 Å². The van der Waals surface area contributed by atoms with Crippen molar-refractivity contribution in [3.8, 4) is 0 Å². The lowest BCUT2D eigenvalue weighted by atomic mass is 10.1. The van der Waals surface area contributed by atoms with Crippen LogP contribution in [0.25, 0.3) is 0 Å². The molecular weight excluding hydrogens is 168 g/mol. The highest BCUT2D eigenvalue weighted by Gasteiger charge is 2.44. The van der Waals surface area contributed by atoms with Gasteiger partial charge in [-0.2, -0.15) is 0 Å². The predicted molar refractivity (Wildman–Crippen MR) is 47.3 cm³/mol. The molecule has 1 aliphatic carbocycles. The number of aldehydes is 1. The number of rotatable bonds is 2. The number of allylic oxidation sites excluding steroid dienone is 1. The summed E-state index contributed by atoms with van der Waals surface area (Å²) in [6, 6.07) is 0. The molecule has 72 valence electrons. The van der Waals surface area contributed by atoms with Gasteiger partial charge >= 0.3 is 0 Å². The van der Waals surface area contributed by atoms with Gasteiger partial charge in [-0.05, 0) is 24.0 Å². The second-order valence-electron chi connectivity index (χ2n) is 3.43. The van der Waals surface area contributed by atoms with Crippen LogP contribution >= 0.6 is 0 Å². The first-order valence-electron chi connectivity index (χ1n) is 4.78. The Bertz CT molecular complexity index is 249. The maximum Gasteiger partial charge on any atom is 0.191 e. The third-order valence-corrected chi connectivity index (χ3v) is 2.82. The molecule has 0 N–H and O–H groups in total. The SMILES string of the molecule is CCC1=C(C=O)CCC12OCCO2. The van der Waals surface area contributed by atoms with Crippen LogP contribution in [0.15, 0.2) is 11.1 Å². The van der Waals surface area contributed by atoms with Crippen molar-refractivity contribution >= 4 is 6.29 Å². The fourth-order valence-corrected chi connectivity index (χ4v) is 2.25. The first kappa shape index (κ1) is 8.91. The van der Waals surface area contributed by atoms with Crippen molar-refractivity contribution in [2.24, 2.45) is 0 Å². The van der Waals surface area contributed by atoms with E-state index in [0.717, 1.165) is 36.7 Å². The quantitative estimate of drug-likeness (QED) is 0.606. The molecule has 1 spiro atoms. The summed E-state index contributed by atoms with van der Waals surface area (Å²) in [4.78, 5) is 10.7. The minimum Gasteiger partial charge on any atom is -0.344 e. The molecule has 0 bridgehead atoms. The predicted octanol–water partition coefficient (Wildman–Crippen LogP) is 1.43. The van der Waals surface area contributed by atoms with Gasteiger partial charge in [0.15, 0.2) is 5.79 Å². The maximum atomic E-state index is 10.7. The third-order valence-electron chi connectivity index (χ3n) is 2.82. The van der Waals surface area contributed by atoms with E-state index < -0.39 is 5.79 Å². The lowest BCUT2D eigenvalue weighted by molar-refractivity contribution is -0.125. The second kappa shape index (κ2) is 3.24. The molecule has 1 aliphatic heterocycles. The summed E-state index contributed by atoms with van der Waals surface area (Å²) in [5.41, 5.74) is 1.93. The maximum absolute atomic E-state index is 10.7. The summed E-state index contributed by atoms with van der Waals surface area (Å²) in [7, 11) is 0. The molecule has 3 nitrogen and oxygen atoms in total. The molecule has 3 heteroatoms. The summed E-state index contributed by atoms with van der Waals surface area (Å²) in [5, 5.41) is 0. The van der Waals surface area contributed by atoms with Gasteiger partial charge in [0.2, 0.25) is 0 Å². The molecule has 0 aromatic rings. The normalized spacial score (nSPS) is 25.9. The van der Waals surface area contributed by atoms with Crippen LogP contribution in [0.1, 0.15) is 26.2 Å². The molecule has 0 amide bonds. The Morgan fingerprint density at radius 2 is 2.15 bits per heavy atom. The Labute approximate surface area is 77.7 Å². The molecule has 2 aliphatic rings. The third kappa shape index (κ3) is 1.23. The molecule has 1 saturated heterocycles. The average molecular weight is 182 g/mol. The van der Waals surface area contributed by atoms with Crippen LogP contribution in [0.4, 0.5) is 0 Å². The lowest BCUT2D eigenvalue weighted by Gasteiger charge is -2.24. The van der Waals surface area contributed by atoms with Gasteiger partial charge in [0.25, 0.3) is 0 Å². The molecule has 1 heterocycles. The van der Waals surface area contributed by atoms with E-state index in [1.807, 2.05) is 6.92 Å². The molecule has 1 fully saturated rings. The summed E-state index contributed by atoms with van der Waals surface area (Å²) < 4.78 is 11.2. The number of carbonyl (C=O) groups is 1. The molecule has 0 aromatic carbocycles. The van der Waals surface area contributed by atoms with Gasteiger partial charge in [-0.15, -0.1) is 0 Å². The molecule has 0 atom stereocenters. The van der Waals surface area contributed by atoms with E-state index in [0.29, 0.717) is 13.2 Å². The first-order chi connectivity index (χ1) is 6.32. The van der Waals surface area contributed by atoms with Crippen LogP contribution in [0.5, 0.6) is 0 Å². The van der Waals surface area contributed by atoms with Gasteiger partial charge < -0.3 is 9.47 Å². The molecule has 0 aromatic heterocycles. The Morgan fingerprint density at radius 1 is 1.46 bits per heavy atom. The zero-order chi connectivity index (χ0) is 9.31. The molecule has 13 heavy (non-hydrogen) atoms. The first-order valence-corrected chi connectivity index (χ1v) is 4.78. The van der Waals surface area contributed by atoms with Crippen molar-refractivity contribution in [1.29, 1.82) is 0 Å². The highest BCUT2D eigenvalue weighted by molar-refractivity contribution is 5.76. The Balaban J connectivity index is 2.32. The number of carbonyl (C=O) groups excluding carboxylic acids is 1. The van der Waals surface area contributed by atoms with Crippen molar-refractivity contribution < 1.29 is 14.3 Å². The van der Waals surface area contributed by atoms with E-state index >= 15 is 0 Å². The van der Waals surface area contributed by atoms with Crippen molar-refractivity contribution in [2.45, 2.75) is 32.0 Å². The van der Waals surface area contributed by atoms with Crippen molar-refractivity contribution in [3.63, 3.8) is 0 Å². The van der Waals surface area contributed by atoms with Crippen molar-refractivity contribution in [3.05, 3.63) is 11.1 Å². The van der Waals surface area contributed by atoms with Crippen LogP contribution in [-0.4, -0.2) is 25.3 Å². The monoisotopic (exact) mass is 182 g/mol. The largest absolute Gasteiger partial charge is 0.344 e. The topological polar surface area (TPSA) is 35.5 Å². The number of ether oxygens (including phenoxy) is 2. The summed E-state index contributed by atoms with van der Waals surface area (Å²) in [5.74, 6) is -0.523. The number of hydrogen-bond donors (Lipinski definition) is 0.